The number of halogens is 4. The first-order chi connectivity index (χ1) is 11.8. The Labute approximate surface area is 138 Å². The van der Waals surface area contributed by atoms with Crippen LogP contribution in [0.2, 0.25) is 0 Å². The molecule has 0 spiro atoms. The molecule has 1 aromatic carbocycles. The lowest BCUT2D eigenvalue weighted by atomic mass is 10.1. The molecule has 0 fully saturated rings. The van der Waals surface area contributed by atoms with Crippen LogP contribution in [0.3, 0.4) is 0 Å². The van der Waals surface area contributed by atoms with E-state index in [2.05, 4.69) is 10.1 Å². The molecule has 0 unspecified atom stereocenters. The summed E-state index contributed by atoms with van der Waals surface area (Å²) in [5.41, 5.74) is -1.29. The quantitative estimate of drug-likeness (QED) is 0.729. The molecule has 128 valence electrons. The van der Waals surface area contributed by atoms with E-state index in [9.17, 15) is 22.4 Å². The van der Waals surface area contributed by atoms with Crippen molar-refractivity contribution in [1.82, 2.24) is 14.8 Å². The summed E-state index contributed by atoms with van der Waals surface area (Å²) in [5, 5.41) is 12.9. The smallest absolute Gasteiger partial charge is 0.419 e. The molecule has 2 aromatic heterocycles. The van der Waals surface area contributed by atoms with Crippen molar-refractivity contribution in [3.05, 3.63) is 65.9 Å². The summed E-state index contributed by atoms with van der Waals surface area (Å²) in [6.45, 7) is 0. The lowest BCUT2D eigenvalue weighted by molar-refractivity contribution is -0.140. The topological polar surface area (TPSA) is 68.0 Å². The SMILES string of the molecule is O=C(O)c1cc(-c2cccnc2)n(-c2ccc(F)c(C(F)(F)F)c2)n1. The van der Waals surface area contributed by atoms with Crippen LogP contribution in [0.5, 0.6) is 0 Å². The zero-order chi connectivity index (χ0) is 18.2. The van der Waals surface area contributed by atoms with Crippen molar-refractivity contribution in [2.75, 3.05) is 0 Å². The number of carbonyl (C=O) groups is 1. The normalized spacial score (nSPS) is 11.5. The first kappa shape index (κ1) is 16.6. The molecule has 0 amide bonds. The summed E-state index contributed by atoms with van der Waals surface area (Å²) >= 11 is 0. The van der Waals surface area contributed by atoms with Gasteiger partial charge in [0, 0.05) is 18.0 Å². The van der Waals surface area contributed by atoms with Crippen LogP contribution in [0.4, 0.5) is 17.6 Å². The van der Waals surface area contributed by atoms with Crippen molar-refractivity contribution in [1.29, 1.82) is 0 Å². The molecule has 1 N–H and O–H groups in total. The van der Waals surface area contributed by atoms with Crippen molar-refractivity contribution in [3.8, 4) is 16.9 Å². The first-order valence-corrected chi connectivity index (χ1v) is 6.88. The van der Waals surface area contributed by atoms with Crippen LogP contribution in [0.1, 0.15) is 16.1 Å². The second-order valence-corrected chi connectivity index (χ2v) is 5.04. The van der Waals surface area contributed by atoms with E-state index >= 15 is 0 Å². The maximum atomic E-state index is 13.5. The van der Waals surface area contributed by atoms with Crippen LogP contribution in [-0.4, -0.2) is 25.8 Å². The summed E-state index contributed by atoms with van der Waals surface area (Å²) in [6, 6.07) is 6.71. The number of aromatic nitrogens is 3. The Morgan fingerprint density at radius 3 is 2.52 bits per heavy atom. The van der Waals surface area contributed by atoms with E-state index in [0.29, 0.717) is 17.7 Å². The summed E-state index contributed by atoms with van der Waals surface area (Å²) < 4.78 is 53.3. The van der Waals surface area contributed by atoms with E-state index in [4.69, 9.17) is 5.11 Å². The van der Waals surface area contributed by atoms with Gasteiger partial charge in [0.2, 0.25) is 0 Å². The standard InChI is InChI=1S/C16H9F4N3O2/c17-12-4-3-10(6-11(12)16(18,19)20)23-14(7-13(22-23)15(24)25)9-2-1-5-21-8-9/h1-8H,(H,24,25). The van der Waals surface area contributed by atoms with Crippen LogP contribution in [0.25, 0.3) is 16.9 Å². The van der Waals surface area contributed by atoms with Gasteiger partial charge in [0.15, 0.2) is 5.69 Å². The number of hydrogen-bond donors (Lipinski definition) is 1. The lowest BCUT2D eigenvalue weighted by Gasteiger charge is -2.12. The van der Waals surface area contributed by atoms with Gasteiger partial charge in [-0.05, 0) is 36.4 Å². The molecule has 0 saturated heterocycles. The number of aromatic carboxylic acids is 1. The van der Waals surface area contributed by atoms with E-state index in [1.165, 1.54) is 18.5 Å². The van der Waals surface area contributed by atoms with Crippen LogP contribution < -0.4 is 0 Å². The molecule has 3 aromatic rings. The van der Waals surface area contributed by atoms with Gasteiger partial charge < -0.3 is 5.11 Å². The van der Waals surface area contributed by atoms with Crippen molar-refractivity contribution >= 4 is 5.97 Å². The summed E-state index contributed by atoms with van der Waals surface area (Å²) in [4.78, 5) is 15.1. The molecular formula is C16H9F4N3O2. The number of pyridine rings is 1. The fourth-order valence-corrected chi connectivity index (χ4v) is 2.26. The van der Waals surface area contributed by atoms with Crippen molar-refractivity contribution in [2.24, 2.45) is 0 Å². The number of benzene rings is 1. The molecule has 3 rings (SSSR count). The van der Waals surface area contributed by atoms with E-state index < -0.39 is 23.5 Å². The zero-order valence-electron chi connectivity index (χ0n) is 12.3. The predicted octanol–water partition coefficient (Wildman–Crippen LogP) is 3.79. The minimum Gasteiger partial charge on any atom is -0.476 e. The average Bonchev–Trinajstić information content (AvgIpc) is 3.00. The van der Waals surface area contributed by atoms with Gasteiger partial charge in [0.25, 0.3) is 0 Å². The highest BCUT2D eigenvalue weighted by molar-refractivity contribution is 5.87. The number of carboxylic acids is 1. The van der Waals surface area contributed by atoms with Crippen LogP contribution >= 0.6 is 0 Å². The fraction of sp³-hybridized carbons (Fsp3) is 0.0625. The Bertz CT molecular complexity index is 936. The molecule has 0 saturated carbocycles. The molecule has 2 heterocycles. The predicted molar refractivity (Wildman–Crippen MR) is 78.7 cm³/mol. The maximum Gasteiger partial charge on any atom is 0.419 e. The number of rotatable bonds is 3. The lowest BCUT2D eigenvalue weighted by Crippen LogP contribution is -2.10. The minimum atomic E-state index is -4.89. The van der Waals surface area contributed by atoms with Gasteiger partial charge in [-0.1, -0.05) is 0 Å². The fourth-order valence-electron chi connectivity index (χ4n) is 2.26. The summed E-state index contributed by atoms with van der Waals surface area (Å²) in [5.74, 6) is -2.77. The Hall–Kier alpha value is -3.23. The Morgan fingerprint density at radius 1 is 1.16 bits per heavy atom. The number of hydrogen-bond acceptors (Lipinski definition) is 3. The Balaban J connectivity index is 2.22. The molecular weight excluding hydrogens is 342 g/mol. The van der Waals surface area contributed by atoms with E-state index in [1.807, 2.05) is 0 Å². The van der Waals surface area contributed by atoms with Gasteiger partial charge in [-0.15, -0.1) is 0 Å². The molecule has 0 atom stereocenters. The van der Waals surface area contributed by atoms with E-state index in [0.717, 1.165) is 10.7 Å². The molecule has 0 aliphatic rings. The first-order valence-electron chi connectivity index (χ1n) is 6.88. The highest BCUT2D eigenvalue weighted by Gasteiger charge is 2.34. The molecule has 0 aliphatic carbocycles. The van der Waals surface area contributed by atoms with Gasteiger partial charge in [0.05, 0.1) is 16.9 Å². The van der Waals surface area contributed by atoms with Crippen LogP contribution in [-0.2, 0) is 6.18 Å². The van der Waals surface area contributed by atoms with Crippen LogP contribution in [0.15, 0.2) is 48.8 Å². The second kappa shape index (κ2) is 6.00. The second-order valence-electron chi connectivity index (χ2n) is 5.04. The average molecular weight is 351 g/mol. The Kier molecular flexibility index (Phi) is 3.99. The monoisotopic (exact) mass is 351 g/mol. The van der Waals surface area contributed by atoms with Crippen molar-refractivity contribution in [2.45, 2.75) is 6.18 Å². The van der Waals surface area contributed by atoms with Crippen molar-refractivity contribution < 1.29 is 27.5 Å². The summed E-state index contributed by atoms with van der Waals surface area (Å²) in [7, 11) is 0. The molecule has 0 aliphatic heterocycles. The number of nitrogens with zero attached hydrogens (tertiary/aromatic N) is 3. The maximum absolute atomic E-state index is 13.5. The highest BCUT2D eigenvalue weighted by Crippen LogP contribution is 2.33. The Morgan fingerprint density at radius 2 is 1.92 bits per heavy atom. The molecule has 9 heteroatoms. The number of carboxylic acid groups (broad SMARTS) is 1. The number of alkyl halides is 3. The molecule has 0 bridgehead atoms. The largest absolute Gasteiger partial charge is 0.476 e. The third-order valence-corrected chi connectivity index (χ3v) is 3.39. The highest BCUT2D eigenvalue weighted by atomic mass is 19.4. The molecule has 5 nitrogen and oxygen atoms in total. The molecule has 0 radical (unpaired) electrons. The van der Waals surface area contributed by atoms with Gasteiger partial charge in [0.1, 0.15) is 5.82 Å². The summed E-state index contributed by atoms with van der Waals surface area (Å²) in [6.07, 6.45) is -1.99. The third kappa shape index (κ3) is 3.21. The van der Waals surface area contributed by atoms with Gasteiger partial charge in [-0.2, -0.15) is 18.3 Å². The van der Waals surface area contributed by atoms with Crippen LogP contribution in [0, 0.1) is 5.82 Å². The van der Waals surface area contributed by atoms with E-state index in [1.54, 1.807) is 12.1 Å². The van der Waals surface area contributed by atoms with Gasteiger partial charge in [-0.25, -0.2) is 13.9 Å². The zero-order valence-corrected chi connectivity index (χ0v) is 12.3. The van der Waals surface area contributed by atoms with E-state index in [-0.39, 0.29) is 17.1 Å². The van der Waals surface area contributed by atoms with Gasteiger partial charge >= 0.3 is 12.1 Å². The minimum absolute atomic E-state index is 0.125. The van der Waals surface area contributed by atoms with Gasteiger partial charge in [-0.3, -0.25) is 4.98 Å². The third-order valence-electron chi connectivity index (χ3n) is 3.39. The molecule has 25 heavy (non-hydrogen) atoms. The van der Waals surface area contributed by atoms with Crippen molar-refractivity contribution in [3.63, 3.8) is 0 Å².